The molecule has 0 atom stereocenters. The van der Waals surface area contributed by atoms with Crippen LogP contribution in [0.3, 0.4) is 0 Å². The molecular weight excluding hydrogens is 217 g/mol. The van der Waals surface area contributed by atoms with E-state index in [4.69, 9.17) is 5.26 Å². The summed E-state index contributed by atoms with van der Waals surface area (Å²) in [5.74, 6) is -0.323. The van der Waals surface area contributed by atoms with Gasteiger partial charge in [-0.05, 0) is 18.6 Å². The Morgan fingerprint density at radius 3 is 3.00 bits per heavy atom. The summed E-state index contributed by atoms with van der Waals surface area (Å²) in [7, 11) is 0. The lowest BCUT2D eigenvalue weighted by atomic mass is 10.1. The monoisotopic (exact) mass is 229 g/mol. The quantitative estimate of drug-likeness (QED) is 0.879. The third-order valence-electron chi connectivity index (χ3n) is 2.50. The zero-order valence-corrected chi connectivity index (χ0v) is 9.50. The first-order valence-electron chi connectivity index (χ1n) is 5.48. The minimum absolute atomic E-state index is 0.323. The van der Waals surface area contributed by atoms with Crippen molar-refractivity contribution in [2.24, 2.45) is 0 Å². The summed E-state index contributed by atoms with van der Waals surface area (Å²) in [5.41, 5.74) is 1.78. The molecule has 0 saturated heterocycles. The van der Waals surface area contributed by atoms with Crippen molar-refractivity contribution in [1.82, 2.24) is 4.98 Å². The molecule has 3 nitrogen and oxygen atoms in total. The van der Waals surface area contributed by atoms with E-state index in [1.54, 1.807) is 6.07 Å². The van der Waals surface area contributed by atoms with Gasteiger partial charge in [0.15, 0.2) is 0 Å². The van der Waals surface area contributed by atoms with Crippen LogP contribution in [0.15, 0.2) is 24.4 Å². The number of aromatic nitrogens is 1. The molecule has 0 amide bonds. The number of nitrogens with one attached hydrogen (secondary N) is 1. The number of fused-ring (bicyclic) bond motifs is 1. The standard InChI is InChI=1S/C13H12FN3/c1-2-5-16-13-9(7-15)8-17-12-6-10(14)3-4-11(12)13/h3-4,6,8H,2,5H2,1H3,(H,16,17). The van der Waals surface area contributed by atoms with Gasteiger partial charge in [-0.15, -0.1) is 0 Å². The number of benzene rings is 1. The SMILES string of the molecule is CCCNc1c(C#N)cnc2cc(F)ccc12. The van der Waals surface area contributed by atoms with E-state index in [0.717, 1.165) is 24.0 Å². The van der Waals surface area contributed by atoms with E-state index >= 15 is 0 Å². The van der Waals surface area contributed by atoms with E-state index in [2.05, 4.69) is 16.4 Å². The fourth-order valence-corrected chi connectivity index (χ4v) is 1.69. The third kappa shape index (κ3) is 2.18. The van der Waals surface area contributed by atoms with E-state index in [1.807, 2.05) is 6.92 Å². The summed E-state index contributed by atoms with van der Waals surface area (Å²) in [6.45, 7) is 2.81. The van der Waals surface area contributed by atoms with Crippen LogP contribution >= 0.6 is 0 Å². The molecule has 0 aliphatic rings. The predicted molar refractivity (Wildman–Crippen MR) is 65.2 cm³/mol. The van der Waals surface area contributed by atoms with Crippen molar-refractivity contribution in [3.63, 3.8) is 0 Å². The topological polar surface area (TPSA) is 48.7 Å². The van der Waals surface area contributed by atoms with Crippen LogP contribution in [0.2, 0.25) is 0 Å². The summed E-state index contributed by atoms with van der Waals surface area (Å²) < 4.78 is 13.1. The lowest BCUT2D eigenvalue weighted by Gasteiger charge is -2.10. The Labute approximate surface area is 98.9 Å². The third-order valence-corrected chi connectivity index (χ3v) is 2.50. The highest BCUT2D eigenvalue weighted by Crippen LogP contribution is 2.25. The molecule has 2 rings (SSSR count). The van der Waals surface area contributed by atoms with Crippen LogP contribution in [0, 0.1) is 17.1 Å². The lowest BCUT2D eigenvalue weighted by molar-refractivity contribution is 0.629. The highest BCUT2D eigenvalue weighted by molar-refractivity contribution is 5.93. The van der Waals surface area contributed by atoms with Gasteiger partial charge in [0.2, 0.25) is 0 Å². The second-order valence-corrected chi connectivity index (χ2v) is 3.75. The molecule has 0 fully saturated rings. The lowest BCUT2D eigenvalue weighted by Crippen LogP contribution is -2.03. The van der Waals surface area contributed by atoms with Gasteiger partial charge >= 0.3 is 0 Å². The van der Waals surface area contributed by atoms with E-state index in [0.29, 0.717) is 11.1 Å². The largest absolute Gasteiger partial charge is 0.383 e. The zero-order valence-electron chi connectivity index (χ0n) is 9.50. The van der Waals surface area contributed by atoms with E-state index in [-0.39, 0.29) is 5.82 Å². The Bertz CT molecular complexity index is 587. The Kier molecular flexibility index (Phi) is 3.20. The van der Waals surface area contributed by atoms with Gasteiger partial charge in [0.25, 0.3) is 0 Å². The summed E-state index contributed by atoms with van der Waals surface area (Å²) >= 11 is 0. The number of hydrogen-bond donors (Lipinski definition) is 1. The van der Waals surface area contributed by atoms with Crippen molar-refractivity contribution in [3.05, 3.63) is 35.8 Å². The normalized spacial score (nSPS) is 10.2. The Morgan fingerprint density at radius 2 is 2.29 bits per heavy atom. The van der Waals surface area contributed by atoms with Crippen LogP contribution < -0.4 is 5.32 Å². The average Bonchev–Trinajstić information content (AvgIpc) is 2.35. The van der Waals surface area contributed by atoms with E-state index in [1.165, 1.54) is 18.3 Å². The molecule has 0 bridgehead atoms. The summed E-state index contributed by atoms with van der Waals surface area (Å²) in [6.07, 6.45) is 2.43. The fourth-order valence-electron chi connectivity index (χ4n) is 1.69. The highest BCUT2D eigenvalue weighted by Gasteiger charge is 2.08. The van der Waals surface area contributed by atoms with Crippen LogP contribution in [0.1, 0.15) is 18.9 Å². The molecule has 4 heteroatoms. The minimum atomic E-state index is -0.323. The molecule has 1 N–H and O–H groups in total. The van der Waals surface area contributed by atoms with Crippen molar-refractivity contribution < 1.29 is 4.39 Å². The molecular formula is C13H12FN3. The van der Waals surface area contributed by atoms with Gasteiger partial charge in [-0.2, -0.15) is 5.26 Å². The van der Waals surface area contributed by atoms with Crippen LogP contribution in [0.4, 0.5) is 10.1 Å². The number of nitrogens with zero attached hydrogens (tertiary/aromatic N) is 2. The molecule has 0 spiro atoms. The van der Waals surface area contributed by atoms with Gasteiger partial charge in [-0.3, -0.25) is 4.98 Å². The van der Waals surface area contributed by atoms with Gasteiger partial charge in [0.1, 0.15) is 11.9 Å². The van der Waals surface area contributed by atoms with E-state index < -0.39 is 0 Å². The van der Waals surface area contributed by atoms with Gasteiger partial charge < -0.3 is 5.32 Å². The molecule has 0 unspecified atom stereocenters. The molecule has 0 radical (unpaired) electrons. The number of hydrogen-bond acceptors (Lipinski definition) is 3. The number of nitriles is 1. The first-order valence-corrected chi connectivity index (χ1v) is 5.48. The predicted octanol–water partition coefficient (Wildman–Crippen LogP) is 3.07. The Hall–Kier alpha value is -2.15. The molecule has 1 heterocycles. The number of halogens is 1. The van der Waals surface area contributed by atoms with Crippen LogP contribution in [-0.2, 0) is 0 Å². The van der Waals surface area contributed by atoms with E-state index in [9.17, 15) is 4.39 Å². The van der Waals surface area contributed by atoms with Crippen molar-refractivity contribution in [3.8, 4) is 6.07 Å². The summed E-state index contributed by atoms with van der Waals surface area (Å²) in [6, 6.07) is 6.49. The van der Waals surface area contributed by atoms with Gasteiger partial charge in [0, 0.05) is 24.2 Å². The zero-order chi connectivity index (χ0) is 12.3. The maximum atomic E-state index is 13.1. The molecule has 86 valence electrons. The average molecular weight is 229 g/mol. The first-order chi connectivity index (χ1) is 8.26. The molecule has 0 aliphatic heterocycles. The fraction of sp³-hybridized carbons (Fsp3) is 0.231. The molecule has 1 aromatic heterocycles. The van der Waals surface area contributed by atoms with Crippen LogP contribution in [0.25, 0.3) is 10.9 Å². The Balaban J connectivity index is 2.62. The molecule has 0 saturated carbocycles. The molecule has 2 aromatic rings. The van der Waals surface area contributed by atoms with Gasteiger partial charge in [-0.25, -0.2) is 4.39 Å². The van der Waals surface area contributed by atoms with Crippen LogP contribution in [-0.4, -0.2) is 11.5 Å². The second-order valence-electron chi connectivity index (χ2n) is 3.75. The van der Waals surface area contributed by atoms with Crippen molar-refractivity contribution in [2.45, 2.75) is 13.3 Å². The second kappa shape index (κ2) is 4.79. The summed E-state index contributed by atoms with van der Waals surface area (Å²) in [5, 5.41) is 13.0. The Morgan fingerprint density at radius 1 is 1.47 bits per heavy atom. The number of anilines is 1. The van der Waals surface area contributed by atoms with Crippen molar-refractivity contribution in [1.29, 1.82) is 5.26 Å². The van der Waals surface area contributed by atoms with Crippen molar-refractivity contribution in [2.75, 3.05) is 11.9 Å². The number of pyridine rings is 1. The van der Waals surface area contributed by atoms with Crippen molar-refractivity contribution >= 4 is 16.6 Å². The minimum Gasteiger partial charge on any atom is -0.383 e. The molecule has 17 heavy (non-hydrogen) atoms. The number of rotatable bonds is 3. The van der Waals surface area contributed by atoms with Gasteiger partial charge in [-0.1, -0.05) is 6.92 Å². The molecule has 0 aliphatic carbocycles. The maximum absolute atomic E-state index is 13.1. The van der Waals surface area contributed by atoms with Gasteiger partial charge in [0.05, 0.1) is 16.8 Å². The molecule has 1 aromatic carbocycles. The summed E-state index contributed by atoms with van der Waals surface area (Å²) in [4.78, 5) is 4.08. The maximum Gasteiger partial charge on any atom is 0.125 e. The van der Waals surface area contributed by atoms with Crippen LogP contribution in [0.5, 0.6) is 0 Å². The first kappa shape index (κ1) is 11.3. The highest BCUT2D eigenvalue weighted by atomic mass is 19.1. The smallest absolute Gasteiger partial charge is 0.125 e.